The van der Waals surface area contributed by atoms with Crippen LogP contribution in [0.25, 0.3) is 0 Å². The van der Waals surface area contributed by atoms with Gasteiger partial charge in [0.1, 0.15) is 0 Å². The summed E-state index contributed by atoms with van der Waals surface area (Å²) < 4.78 is 0. The van der Waals surface area contributed by atoms with Crippen molar-refractivity contribution in [2.24, 2.45) is 0 Å². The van der Waals surface area contributed by atoms with E-state index in [1.807, 2.05) is 27.0 Å². The Bertz CT molecular complexity index is 267. The van der Waals surface area contributed by atoms with Gasteiger partial charge in [-0.3, -0.25) is 0 Å². The van der Waals surface area contributed by atoms with Crippen LogP contribution in [-0.2, 0) is 0 Å². The van der Waals surface area contributed by atoms with E-state index < -0.39 is 0 Å². The van der Waals surface area contributed by atoms with Crippen molar-refractivity contribution in [2.45, 2.75) is 13.8 Å². The van der Waals surface area contributed by atoms with E-state index in [-0.39, 0.29) is 0 Å². The van der Waals surface area contributed by atoms with Crippen molar-refractivity contribution < 1.29 is 0 Å². The van der Waals surface area contributed by atoms with Gasteiger partial charge < -0.3 is 11.1 Å². The van der Waals surface area contributed by atoms with Crippen molar-refractivity contribution >= 4 is 11.4 Å². The van der Waals surface area contributed by atoms with Gasteiger partial charge in [-0.1, -0.05) is 0 Å². The molecular weight excluding hydrogens is 136 g/mol. The molecule has 0 heterocycles. The summed E-state index contributed by atoms with van der Waals surface area (Å²) in [6.07, 6.45) is 0. The van der Waals surface area contributed by atoms with E-state index in [1.165, 1.54) is 5.56 Å². The fourth-order valence-electron chi connectivity index (χ4n) is 1.11. The minimum atomic E-state index is 0.863. The lowest BCUT2D eigenvalue weighted by Crippen LogP contribution is -1.96. The molecule has 0 spiro atoms. The van der Waals surface area contributed by atoms with Crippen LogP contribution in [0.3, 0.4) is 0 Å². The predicted octanol–water partition coefficient (Wildman–Crippen LogP) is 1.93. The van der Waals surface area contributed by atoms with Gasteiger partial charge in [-0.2, -0.15) is 0 Å². The smallest absolute Gasteiger partial charge is 0.0371 e. The standard InChI is InChI=1S/C9H14N2/c1-6-5-9(11-3)7(2)4-8(6)10/h4-5,11H,10H2,1-3H3. The molecule has 0 saturated carbocycles. The fourth-order valence-corrected chi connectivity index (χ4v) is 1.11. The molecule has 0 aliphatic carbocycles. The molecule has 1 aromatic carbocycles. The number of aryl methyl sites for hydroxylation is 2. The van der Waals surface area contributed by atoms with Gasteiger partial charge in [0.05, 0.1) is 0 Å². The van der Waals surface area contributed by atoms with E-state index in [1.54, 1.807) is 0 Å². The van der Waals surface area contributed by atoms with Crippen LogP contribution in [0.4, 0.5) is 11.4 Å². The Labute approximate surface area is 67.4 Å². The average molecular weight is 150 g/mol. The molecule has 0 aliphatic heterocycles. The second-order valence-electron chi connectivity index (χ2n) is 2.77. The van der Waals surface area contributed by atoms with Crippen LogP contribution in [0.5, 0.6) is 0 Å². The van der Waals surface area contributed by atoms with Crippen molar-refractivity contribution in [3.8, 4) is 0 Å². The molecule has 0 aliphatic rings. The summed E-state index contributed by atoms with van der Waals surface area (Å²) in [5.41, 5.74) is 10.0. The van der Waals surface area contributed by atoms with Crippen molar-refractivity contribution in [2.75, 3.05) is 18.1 Å². The van der Waals surface area contributed by atoms with Crippen LogP contribution in [0.1, 0.15) is 11.1 Å². The Morgan fingerprint density at radius 1 is 1.18 bits per heavy atom. The van der Waals surface area contributed by atoms with Crippen LogP contribution in [0.2, 0.25) is 0 Å². The highest BCUT2D eigenvalue weighted by Crippen LogP contribution is 2.21. The zero-order valence-corrected chi connectivity index (χ0v) is 7.23. The average Bonchev–Trinajstić information content (AvgIpc) is 1.97. The SMILES string of the molecule is CNc1cc(C)c(N)cc1C. The van der Waals surface area contributed by atoms with Gasteiger partial charge in [0.15, 0.2) is 0 Å². The molecule has 0 radical (unpaired) electrons. The largest absolute Gasteiger partial charge is 0.399 e. The number of hydrogen-bond acceptors (Lipinski definition) is 2. The molecule has 0 aromatic heterocycles. The van der Waals surface area contributed by atoms with Crippen molar-refractivity contribution in [3.63, 3.8) is 0 Å². The molecule has 1 aromatic rings. The third-order valence-electron chi connectivity index (χ3n) is 1.88. The molecule has 0 bridgehead atoms. The summed E-state index contributed by atoms with van der Waals surface area (Å²) in [5.74, 6) is 0. The summed E-state index contributed by atoms with van der Waals surface area (Å²) in [6.45, 7) is 4.05. The Morgan fingerprint density at radius 2 is 1.82 bits per heavy atom. The first kappa shape index (κ1) is 7.92. The third kappa shape index (κ3) is 1.45. The number of anilines is 2. The molecular formula is C9H14N2. The molecule has 2 heteroatoms. The van der Waals surface area contributed by atoms with Gasteiger partial charge in [-0.05, 0) is 37.1 Å². The maximum atomic E-state index is 5.72. The molecule has 2 nitrogen and oxygen atoms in total. The molecule has 1 rings (SSSR count). The van der Waals surface area contributed by atoms with E-state index in [2.05, 4.69) is 11.4 Å². The maximum Gasteiger partial charge on any atom is 0.0371 e. The number of nitrogens with one attached hydrogen (secondary N) is 1. The Kier molecular flexibility index (Phi) is 2.03. The van der Waals surface area contributed by atoms with Crippen LogP contribution in [-0.4, -0.2) is 7.05 Å². The molecule has 11 heavy (non-hydrogen) atoms. The molecule has 3 N–H and O–H groups in total. The molecule has 0 saturated heterocycles. The van der Waals surface area contributed by atoms with E-state index in [0.29, 0.717) is 0 Å². The van der Waals surface area contributed by atoms with Gasteiger partial charge in [-0.15, -0.1) is 0 Å². The lowest BCUT2D eigenvalue weighted by molar-refractivity contribution is 1.36. The molecule has 0 atom stereocenters. The van der Waals surface area contributed by atoms with Gasteiger partial charge >= 0.3 is 0 Å². The highest BCUT2D eigenvalue weighted by molar-refractivity contribution is 5.61. The van der Waals surface area contributed by atoms with Crippen molar-refractivity contribution in [1.29, 1.82) is 0 Å². The normalized spacial score (nSPS) is 9.73. The first-order chi connectivity index (χ1) is 5.15. The van der Waals surface area contributed by atoms with E-state index in [4.69, 9.17) is 5.73 Å². The highest BCUT2D eigenvalue weighted by Gasteiger charge is 1.98. The first-order valence-corrected chi connectivity index (χ1v) is 3.69. The predicted molar refractivity (Wildman–Crippen MR) is 49.9 cm³/mol. The maximum absolute atomic E-state index is 5.72. The summed E-state index contributed by atoms with van der Waals surface area (Å²) in [5, 5.41) is 3.11. The molecule has 0 fully saturated rings. The monoisotopic (exact) mass is 150 g/mol. The minimum Gasteiger partial charge on any atom is -0.399 e. The van der Waals surface area contributed by atoms with Crippen LogP contribution < -0.4 is 11.1 Å². The number of nitrogens with two attached hydrogens (primary N) is 1. The summed E-state index contributed by atoms with van der Waals surface area (Å²) in [7, 11) is 1.91. The Balaban J connectivity index is 3.21. The van der Waals surface area contributed by atoms with E-state index in [0.717, 1.165) is 16.9 Å². The van der Waals surface area contributed by atoms with E-state index in [9.17, 15) is 0 Å². The lowest BCUT2D eigenvalue weighted by Gasteiger charge is -2.08. The quantitative estimate of drug-likeness (QED) is 0.600. The summed E-state index contributed by atoms with van der Waals surface area (Å²) >= 11 is 0. The number of nitrogen functional groups attached to an aromatic ring is 1. The second kappa shape index (κ2) is 2.82. The van der Waals surface area contributed by atoms with Crippen LogP contribution in [0, 0.1) is 13.8 Å². The highest BCUT2D eigenvalue weighted by atomic mass is 14.8. The first-order valence-electron chi connectivity index (χ1n) is 3.69. The van der Waals surface area contributed by atoms with Crippen molar-refractivity contribution in [3.05, 3.63) is 23.3 Å². The topological polar surface area (TPSA) is 38.0 Å². The Hall–Kier alpha value is -1.18. The summed E-state index contributed by atoms with van der Waals surface area (Å²) in [4.78, 5) is 0. The molecule has 60 valence electrons. The second-order valence-corrected chi connectivity index (χ2v) is 2.77. The van der Waals surface area contributed by atoms with E-state index >= 15 is 0 Å². The van der Waals surface area contributed by atoms with Gasteiger partial charge in [0, 0.05) is 18.4 Å². The zero-order chi connectivity index (χ0) is 8.43. The van der Waals surface area contributed by atoms with Gasteiger partial charge in [-0.25, -0.2) is 0 Å². The zero-order valence-electron chi connectivity index (χ0n) is 7.23. The van der Waals surface area contributed by atoms with Gasteiger partial charge in [0.25, 0.3) is 0 Å². The minimum absolute atomic E-state index is 0.863. The van der Waals surface area contributed by atoms with Gasteiger partial charge in [0.2, 0.25) is 0 Å². The lowest BCUT2D eigenvalue weighted by atomic mass is 10.1. The fraction of sp³-hybridized carbons (Fsp3) is 0.333. The Morgan fingerprint density at radius 3 is 2.36 bits per heavy atom. The van der Waals surface area contributed by atoms with Crippen molar-refractivity contribution in [1.82, 2.24) is 0 Å². The van der Waals surface area contributed by atoms with Crippen LogP contribution in [0.15, 0.2) is 12.1 Å². The number of benzene rings is 1. The number of rotatable bonds is 1. The molecule has 0 unspecified atom stereocenters. The van der Waals surface area contributed by atoms with Crippen LogP contribution >= 0.6 is 0 Å². The third-order valence-corrected chi connectivity index (χ3v) is 1.88. The molecule has 0 amide bonds. The number of hydrogen-bond donors (Lipinski definition) is 2. The summed E-state index contributed by atoms with van der Waals surface area (Å²) in [6, 6.07) is 4.05.